The predicted molar refractivity (Wildman–Crippen MR) is 66.8 cm³/mol. The molecule has 3 rings (SSSR count). The molecule has 1 saturated heterocycles. The number of ether oxygens (including phenoxy) is 1. The summed E-state index contributed by atoms with van der Waals surface area (Å²) in [5.74, 6) is 0.924. The van der Waals surface area contributed by atoms with Crippen LogP contribution in [0, 0.1) is 0 Å². The maximum Gasteiger partial charge on any atom is 0.254 e. The number of carbonyl (C=O) groups is 1. The second-order valence-corrected chi connectivity index (χ2v) is 4.90. The smallest absolute Gasteiger partial charge is 0.254 e. The maximum atomic E-state index is 12.4. The number of benzene rings is 1. The van der Waals surface area contributed by atoms with Gasteiger partial charge in [-0.05, 0) is 36.6 Å². The van der Waals surface area contributed by atoms with Crippen LogP contribution in [0.5, 0.6) is 5.75 Å². The molecule has 1 aromatic rings. The summed E-state index contributed by atoms with van der Waals surface area (Å²) in [4.78, 5) is 14.2. The molecule has 1 aromatic carbocycles. The Morgan fingerprint density at radius 3 is 3.22 bits per heavy atom. The second kappa shape index (κ2) is 4.61. The van der Waals surface area contributed by atoms with Crippen molar-refractivity contribution >= 4 is 5.91 Å². The van der Waals surface area contributed by atoms with Crippen molar-refractivity contribution in [2.45, 2.75) is 25.3 Å². The van der Waals surface area contributed by atoms with Crippen molar-refractivity contribution < 1.29 is 14.6 Å². The quantitative estimate of drug-likeness (QED) is 0.855. The second-order valence-electron chi connectivity index (χ2n) is 4.90. The van der Waals surface area contributed by atoms with E-state index in [1.54, 1.807) is 4.90 Å². The van der Waals surface area contributed by atoms with Crippen LogP contribution in [0.2, 0.25) is 0 Å². The van der Waals surface area contributed by atoms with Gasteiger partial charge in [-0.3, -0.25) is 4.79 Å². The first-order valence-electron chi connectivity index (χ1n) is 6.47. The molecule has 96 valence electrons. The molecule has 0 unspecified atom stereocenters. The first-order valence-corrected chi connectivity index (χ1v) is 6.47. The van der Waals surface area contributed by atoms with E-state index in [4.69, 9.17) is 4.74 Å². The number of likely N-dealkylation sites (tertiary alicyclic amines) is 1. The third-order valence-corrected chi connectivity index (χ3v) is 3.79. The van der Waals surface area contributed by atoms with Crippen LogP contribution in [0.4, 0.5) is 0 Å². The lowest BCUT2D eigenvalue weighted by molar-refractivity contribution is 0.0677. The van der Waals surface area contributed by atoms with Gasteiger partial charge in [0.15, 0.2) is 0 Å². The number of rotatable bonds is 2. The number of nitrogens with zero attached hydrogens (tertiary/aromatic N) is 1. The Kier molecular flexibility index (Phi) is 2.96. The average molecular weight is 247 g/mol. The Morgan fingerprint density at radius 2 is 2.39 bits per heavy atom. The molecule has 0 aromatic heterocycles. The third kappa shape index (κ3) is 1.86. The van der Waals surface area contributed by atoms with E-state index in [1.165, 1.54) is 0 Å². The van der Waals surface area contributed by atoms with Crippen LogP contribution in [0.25, 0.3) is 0 Å². The normalized spacial score (nSPS) is 21.8. The highest BCUT2D eigenvalue weighted by molar-refractivity contribution is 5.95. The highest BCUT2D eigenvalue weighted by Gasteiger charge is 2.29. The van der Waals surface area contributed by atoms with Gasteiger partial charge < -0.3 is 14.7 Å². The fourth-order valence-corrected chi connectivity index (χ4v) is 2.78. The zero-order valence-electron chi connectivity index (χ0n) is 10.3. The lowest BCUT2D eigenvalue weighted by atomic mass is 10.1. The zero-order valence-corrected chi connectivity index (χ0v) is 10.3. The van der Waals surface area contributed by atoms with E-state index in [-0.39, 0.29) is 18.6 Å². The molecular formula is C14H17NO3. The van der Waals surface area contributed by atoms with E-state index in [0.717, 1.165) is 37.1 Å². The number of amides is 1. The minimum absolute atomic E-state index is 0.0120. The molecule has 1 fully saturated rings. The summed E-state index contributed by atoms with van der Waals surface area (Å²) in [6, 6.07) is 5.61. The van der Waals surface area contributed by atoms with Crippen molar-refractivity contribution in [2.75, 3.05) is 19.8 Å². The van der Waals surface area contributed by atoms with Crippen LogP contribution in [0.1, 0.15) is 28.8 Å². The van der Waals surface area contributed by atoms with Crippen LogP contribution < -0.4 is 4.74 Å². The molecule has 1 atom stereocenters. The van der Waals surface area contributed by atoms with Gasteiger partial charge in [0.05, 0.1) is 19.3 Å². The minimum Gasteiger partial charge on any atom is -0.493 e. The largest absolute Gasteiger partial charge is 0.493 e. The number of aliphatic hydroxyl groups excluding tert-OH is 1. The van der Waals surface area contributed by atoms with Crippen LogP contribution in [-0.4, -0.2) is 41.7 Å². The summed E-state index contributed by atoms with van der Waals surface area (Å²) >= 11 is 0. The van der Waals surface area contributed by atoms with Crippen LogP contribution in [0.15, 0.2) is 18.2 Å². The Balaban J connectivity index is 1.84. The third-order valence-electron chi connectivity index (χ3n) is 3.79. The van der Waals surface area contributed by atoms with Crippen molar-refractivity contribution in [1.29, 1.82) is 0 Å². The van der Waals surface area contributed by atoms with Crippen molar-refractivity contribution in [3.05, 3.63) is 29.3 Å². The summed E-state index contributed by atoms with van der Waals surface area (Å²) in [5.41, 5.74) is 1.82. The lowest BCUT2D eigenvalue weighted by Crippen LogP contribution is -2.37. The number of fused-ring (bicyclic) bond motifs is 1. The van der Waals surface area contributed by atoms with E-state index in [9.17, 15) is 9.90 Å². The Labute approximate surface area is 106 Å². The number of aliphatic hydroxyl groups is 1. The fraction of sp³-hybridized carbons (Fsp3) is 0.500. The maximum absolute atomic E-state index is 12.4. The number of hydrogen-bond donors (Lipinski definition) is 1. The molecule has 2 aliphatic heterocycles. The molecule has 18 heavy (non-hydrogen) atoms. The first-order chi connectivity index (χ1) is 8.79. The van der Waals surface area contributed by atoms with Crippen molar-refractivity contribution in [2.24, 2.45) is 0 Å². The average Bonchev–Trinajstić information content (AvgIpc) is 3.05. The van der Waals surface area contributed by atoms with E-state index in [0.29, 0.717) is 12.2 Å². The molecule has 2 aliphatic rings. The first kappa shape index (κ1) is 11.5. The van der Waals surface area contributed by atoms with Gasteiger partial charge in [0.25, 0.3) is 5.91 Å². The van der Waals surface area contributed by atoms with Gasteiger partial charge in [0, 0.05) is 18.5 Å². The van der Waals surface area contributed by atoms with Gasteiger partial charge in [-0.25, -0.2) is 0 Å². The predicted octanol–water partition coefficient (Wildman–Crippen LogP) is 1.22. The molecule has 4 nitrogen and oxygen atoms in total. The van der Waals surface area contributed by atoms with Crippen LogP contribution in [0.3, 0.4) is 0 Å². The summed E-state index contributed by atoms with van der Waals surface area (Å²) in [7, 11) is 0. The monoisotopic (exact) mass is 247 g/mol. The topological polar surface area (TPSA) is 49.8 Å². The molecular weight excluding hydrogens is 230 g/mol. The van der Waals surface area contributed by atoms with E-state index in [1.807, 2.05) is 18.2 Å². The van der Waals surface area contributed by atoms with Crippen molar-refractivity contribution in [3.8, 4) is 5.75 Å². The Morgan fingerprint density at radius 1 is 1.50 bits per heavy atom. The van der Waals surface area contributed by atoms with Gasteiger partial charge in [0.2, 0.25) is 0 Å². The van der Waals surface area contributed by atoms with Gasteiger partial charge in [0.1, 0.15) is 5.75 Å². The molecule has 1 amide bonds. The minimum atomic E-state index is -0.0120. The lowest BCUT2D eigenvalue weighted by Gasteiger charge is -2.23. The molecule has 0 bridgehead atoms. The molecule has 0 radical (unpaired) electrons. The summed E-state index contributed by atoms with van der Waals surface area (Å²) < 4.78 is 5.44. The molecule has 4 heteroatoms. The van der Waals surface area contributed by atoms with E-state index < -0.39 is 0 Å². The number of carbonyl (C=O) groups excluding carboxylic acids is 1. The molecule has 0 saturated carbocycles. The van der Waals surface area contributed by atoms with Gasteiger partial charge in [-0.15, -0.1) is 0 Å². The van der Waals surface area contributed by atoms with Gasteiger partial charge in [-0.1, -0.05) is 0 Å². The SMILES string of the molecule is O=C(c1ccc2c(c1)CCO2)N1CCC[C@@H]1CO. The van der Waals surface area contributed by atoms with E-state index >= 15 is 0 Å². The van der Waals surface area contributed by atoms with Crippen molar-refractivity contribution in [1.82, 2.24) is 4.90 Å². The Bertz CT molecular complexity index is 472. The molecule has 0 spiro atoms. The fourth-order valence-electron chi connectivity index (χ4n) is 2.78. The highest BCUT2D eigenvalue weighted by atomic mass is 16.5. The summed E-state index contributed by atoms with van der Waals surface area (Å²) in [6.45, 7) is 1.51. The highest BCUT2D eigenvalue weighted by Crippen LogP contribution is 2.27. The van der Waals surface area contributed by atoms with Gasteiger partial charge in [-0.2, -0.15) is 0 Å². The molecule has 2 heterocycles. The summed E-state index contributed by atoms with van der Waals surface area (Å²) in [5, 5.41) is 9.27. The van der Waals surface area contributed by atoms with Gasteiger partial charge >= 0.3 is 0 Å². The molecule has 0 aliphatic carbocycles. The Hall–Kier alpha value is -1.55. The number of hydrogen-bond acceptors (Lipinski definition) is 3. The van der Waals surface area contributed by atoms with E-state index in [2.05, 4.69) is 0 Å². The van der Waals surface area contributed by atoms with Crippen LogP contribution in [-0.2, 0) is 6.42 Å². The van der Waals surface area contributed by atoms with Crippen molar-refractivity contribution in [3.63, 3.8) is 0 Å². The standard InChI is InChI=1S/C14H17NO3/c16-9-12-2-1-6-15(12)14(17)11-3-4-13-10(8-11)5-7-18-13/h3-4,8,12,16H,1-2,5-7,9H2/t12-/m1/s1. The summed E-state index contributed by atoms with van der Waals surface area (Å²) in [6.07, 6.45) is 2.75. The zero-order chi connectivity index (χ0) is 12.5. The van der Waals surface area contributed by atoms with Crippen LogP contribution >= 0.6 is 0 Å². The molecule has 1 N–H and O–H groups in total.